The fraction of sp³-hybridized carbons (Fsp3) is 0.393. The number of carbonyl (C=O) groups excluding carboxylic acids is 1. The molecule has 0 radical (unpaired) electrons. The minimum absolute atomic E-state index is 0.0337. The van der Waals surface area contributed by atoms with E-state index >= 15 is 0 Å². The topological polar surface area (TPSA) is 133 Å². The summed E-state index contributed by atoms with van der Waals surface area (Å²) in [6, 6.07) is 6.60. The highest BCUT2D eigenvalue weighted by Crippen LogP contribution is 2.33. The molecule has 0 unspecified atom stereocenters. The van der Waals surface area contributed by atoms with Gasteiger partial charge >= 0.3 is 11.9 Å². The van der Waals surface area contributed by atoms with Gasteiger partial charge < -0.3 is 20.5 Å². The van der Waals surface area contributed by atoms with E-state index in [1.807, 2.05) is 5.32 Å². The molecule has 220 valence electrons. The maximum absolute atomic E-state index is 14.1. The highest BCUT2D eigenvalue weighted by atomic mass is 19.4. The number of nitrogens with one attached hydrogen (secondary N) is 1. The molecule has 1 fully saturated rings. The van der Waals surface area contributed by atoms with Crippen molar-refractivity contribution in [3.05, 3.63) is 62.6 Å². The number of carbonyl (C=O) groups is 1. The molecule has 42 heavy (non-hydrogen) atoms. The van der Waals surface area contributed by atoms with Crippen molar-refractivity contribution in [3.63, 3.8) is 0 Å². The molecule has 5 heterocycles. The van der Waals surface area contributed by atoms with Crippen molar-refractivity contribution in [2.45, 2.75) is 45.1 Å². The van der Waals surface area contributed by atoms with Gasteiger partial charge in [0.1, 0.15) is 23.4 Å². The molecule has 5 rings (SSSR count). The van der Waals surface area contributed by atoms with E-state index in [0.717, 1.165) is 15.6 Å². The molecular formula is C28H29F3N8O3. The number of fused-ring (bicyclic) bond motifs is 2. The minimum atomic E-state index is -4.67. The highest BCUT2D eigenvalue weighted by molar-refractivity contribution is 6.11. The summed E-state index contributed by atoms with van der Waals surface area (Å²) >= 11 is 0. The SMILES string of the molecule is CC#CCn1c(N2CCC[C@@H](N)C2)c(C(=O)NCC(F)(F)F)c2c1c(=O)n(Cc1ccc3ncccc3n1)c(=O)n2C. The molecule has 11 nitrogen and oxygen atoms in total. The molecule has 4 aromatic heterocycles. The lowest BCUT2D eigenvalue weighted by Gasteiger charge is -2.33. The smallest absolute Gasteiger partial charge is 0.356 e. The van der Waals surface area contributed by atoms with E-state index in [1.54, 1.807) is 42.3 Å². The first-order valence-electron chi connectivity index (χ1n) is 13.3. The molecule has 0 spiro atoms. The average Bonchev–Trinajstić information content (AvgIpc) is 3.30. The Kier molecular flexibility index (Phi) is 7.79. The highest BCUT2D eigenvalue weighted by Gasteiger charge is 2.35. The lowest BCUT2D eigenvalue weighted by atomic mass is 10.1. The van der Waals surface area contributed by atoms with Crippen molar-refractivity contribution in [1.82, 2.24) is 29.0 Å². The summed E-state index contributed by atoms with van der Waals surface area (Å²) in [6.45, 7) is 0.532. The number of nitrogens with two attached hydrogens (primary N) is 1. The Morgan fingerprint density at radius 3 is 2.67 bits per heavy atom. The molecule has 1 aliphatic rings. The number of piperidine rings is 1. The Morgan fingerprint density at radius 1 is 1.17 bits per heavy atom. The summed E-state index contributed by atoms with van der Waals surface area (Å²) in [5.41, 5.74) is 6.06. The third-order valence-electron chi connectivity index (χ3n) is 7.19. The molecule has 1 saturated heterocycles. The quantitative estimate of drug-likeness (QED) is 0.331. The van der Waals surface area contributed by atoms with Gasteiger partial charge in [0.25, 0.3) is 11.5 Å². The number of amides is 1. The Morgan fingerprint density at radius 2 is 1.95 bits per heavy atom. The van der Waals surface area contributed by atoms with Crippen LogP contribution in [0.1, 0.15) is 35.8 Å². The molecule has 0 aliphatic carbocycles. The summed E-state index contributed by atoms with van der Waals surface area (Å²) in [5.74, 6) is 4.79. The van der Waals surface area contributed by atoms with Gasteiger partial charge in [-0.3, -0.25) is 23.7 Å². The normalized spacial score (nSPS) is 15.6. The second-order valence-corrected chi connectivity index (χ2v) is 10.1. The molecule has 4 aromatic rings. The molecule has 1 aliphatic heterocycles. The second kappa shape index (κ2) is 11.3. The Hall–Kier alpha value is -4.64. The zero-order valence-corrected chi connectivity index (χ0v) is 23.0. The number of pyridine rings is 2. The number of aryl methyl sites for hydroxylation is 1. The number of rotatable bonds is 6. The van der Waals surface area contributed by atoms with Crippen molar-refractivity contribution in [2.75, 3.05) is 24.5 Å². The van der Waals surface area contributed by atoms with Crippen molar-refractivity contribution in [2.24, 2.45) is 12.8 Å². The van der Waals surface area contributed by atoms with Crippen LogP contribution in [0.15, 0.2) is 40.1 Å². The van der Waals surface area contributed by atoms with Gasteiger partial charge in [-0.2, -0.15) is 13.2 Å². The Bertz CT molecular complexity index is 1860. The fourth-order valence-electron chi connectivity index (χ4n) is 5.34. The monoisotopic (exact) mass is 582 g/mol. The van der Waals surface area contributed by atoms with Crippen LogP contribution in [0.2, 0.25) is 0 Å². The molecule has 3 N–H and O–H groups in total. The molecule has 0 bridgehead atoms. The van der Waals surface area contributed by atoms with Gasteiger partial charge in [0, 0.05) is 32.4 Å². The number of halogens is 3. The number of hydrogen-bond donors (Lipinski definition) is 2. The molecule has 0 aromatic carbocycles. The zero-order valence-electron chi connectivity index (χ0n) is 23.0. The number of aromatic nitrogens is 5. The number of nitrogens with zero attached hydrogens (tertiary/aromatic N) is 6. The fourth-order valence-corrected chi connectivity index (χ4v) is 5.34. The summed E-state index contributed by atoms with van der Waals surface area (Å²) in [5, 5.41) is 1.92. The van der Waals surface area contributed by atoms with Crippen LogP contribution in [0.25, 0.3) is 22.1 Å². The van der Waals surface area contributed by atoms with Crippen LogP contribution in [0.3, 0.4) is 0 Å². The number of alkyl halides is 3. The zero-order chi connectivity index (χ0) is 30.2. The summed E-state index contributed by atoms with van der Waals surface area (Å²) in [7, 11) is 1.38. The van der Waals surface area contributed by atoms with Crippen molar-refractivity contribution >= 4 is 33.8 Å². The van der Waals surface area contributed by atoms with E-state index in [2.05, 4.69) is 21.8 Å². The Labute approximate surface area is 237 Å². The van der Waals surface area contributed by atoms with E-state index in [4.69, 9.17) is 5.73 Å². The van der Waals surface area contributed by atoms with Crippen LogP contribution in [-0.2, 0) is 20.1 Å². The maximum atomic E-state index is 14.1. The van der Waals surface area contributed by atoms with Crippen molar-refractivity contribution < 1.29 is 18.0 Å². The van der Waals surface area contributed by atoms with Gasteiger partial charge in [0.2, 0.25) is 0 Å². The molecule has 1 atom stereocenters. The van der Waals surface area contributed by atoms with Crippen LogP contribution in [0, 0.1) is 11.8 Å². The average molecular weight is 583 g/mol. The van der Waals surface area contributed by atoms with Gasteiger partial charge in [-0.25, -0.2) is 9.78 Å². The molecule has 14 heteroatoms. The maximum Gasteiger partial charge on any atom is 0.405 e. The molecular weight excluding hydrogens is 553 g/mol. The first kappa shape index (κ1) is 28.9. The first-order chi connectivity index (χ1) is 20.0. The van der Waals surface area contributed by atoms with Gasteiger partial charge in [-0.1, -0.05) is 5.92 Å². The van der Waals surface area contributed by atoms with Crippen LogP contribution in [0.4, 0.5) is 19.0 Å². The third kappa shape index (κ3) is 5.47. The van der Waals surface area contributed by atoms with Crippen LogP contribution >= 0.6 is 0 Å². The lowest BCUT2D eigenvalue weighted by Crippen LogP contribution is -2.44. The van der Waals surface area contributed by atoms with Crippen molar-refractivity contribution in [1.29, 1.82) is 0 Å². The summed E-state index contributed by atoms with van der Waals surface area (Å²) in [6.07, 6.45) is -1.66. The third-order valence-corrected chi connectivity index (χ3v) is 7.19. The first-order valence-corrected chi connectivity index (χ1v) is 13.3. The molecule has 1 amide bonds. The van der Waals surface area contributed by atoms with Gasteiger partial charge in [0.05, 0.1) is 35.3 Å². The van der Waals surface area contributed by atoms with Crippen LogP contribution < -0.4 is 27.2 Å². The van der Waals surface area contributed by atoms with Crippen LogP contribution in [0.5, 0.6) is 0 Å². The molecule has 0 saturated carbocycles. The summed E-state index contributed by atoms with van der Waals surface area (Å²) in [4.78, 5) is 51.7. The number of anilines is 1. The van der Waals surface area contributed by atoms with Gasteiger partial charge in [0.15, 0.2) is 0 Å². The Balaban J connectivity index is 1.77. The van der Waals surface area contributed by atoms with Crippen molar-refractivity contribution in [3.8, 4) is 11.8 Å². The standard InChI is InChI=1S/C28H29F3N8O3/c1-3-4-13-38-23-22(21(24(40)34-16-28(29,30)31)25(38)37-12-6-7-17(32)14-37)36(2)27(42)39(26(23)41)15-18-9-10-19-20(35-18)8-5-11-33-19/h5,8-11,17H,6-7,12-16,32H2,1-2H3,(H,34,40)/t17-/m1/s1. The lowest BCUT2D eigenvalue weighted by molar-refractivity contribution is -0.123. The van der Waals surface area contributed by atoms with E-state index < -0.39 is 29.9 Å². The van der Waals surface area contributed by atoms with Gasteiger partial charge in [-0.05, 0) is 44.0 Å². The van der Waals surface area contributed by atoms with Crippen LogP contribution in [-0.4, -0.2) is 61.4 Å². The number of hydrogen-bond acceptors (Lipinski definition) is 7. The predicted octanol–water partition coefficient (Wildman–Crippen LogP) is 1.74. The van der Waals surface area contributed by atoms with E-state index in [9.17, 15) is 27.6 Å². The van der Waals surface area contributed by atoms with E-state index in [-0.39, 0.29) is 41.5 Å². The summed E-state index contributed by atoms with van der Waals surface area (Å²) < 4.78 is 42.9. The minimum Gasteiger partial charge on any atom is -0.356 e. The van der Waals surface area contributed by atoms with Gasteiger partial charge in [-0.15, -0.1) is 5.92 Å². The predicted molar refractivity (Wildman–Crippen MR) is 151 cm³/mol. The van der Waals surface area contributed by atoms with E-state index in [1.165, 1.54) is 11.6 Å². The second-order valence-electron chi connectivity index (χ2n) is 10.1. The van der Waals surface area contributed by atoms with E-state index in [0.29, 0.717) is 36.2 Å². The largest absolute Gasteiger partial charge is 0.405 e.